The summed E-state index contributed by atoms with van der Waals surface area (Å²) in [4.78, 5) is 10.9. The summed E-state index contributed by atoms with van der Waals surface area (Å²) in [6.07, 6.45) is 6.59. The van der Waals surface area contributed by atoms with Crippen LogP contribution in [0.1, 0.15) is 59.3 Å². The van der Waals surface area contributed by atoms with Crippen molar-refractivity contribution in [2.24, 2.45) is 23.7 Å². The third kappa shape index (κ3) is 3.80. The fourth-order valence-electron chi connectivity index (χ4n) is 2.93. The van der Waals surface area contributed by atoms with Gasteiger partial charge in [-0.3, -0.25) is 4.79 Å². The Labute approximate surface area is 99.4 Å². The van der Waals surface area contributed by atoms with Crippen molar-refractivity contribution < 1.29 is 9.90 Å². The highest BCUT2D eigenvalue weighted by Crippen LogP contribution is 2.36. The van der Waals surface area contributed by atoms with Crippen molar-refractivity contribution >= 4 is 5.97 Å². The SMILES string of the molecule is CC[C@H](C)CC(C)C1CCC(C(=O)O)CC1. The van der Waals surface area contributed by atoms with Crippen LogP contribution in [0, 0.1) is 23.7 Å². The molecule has 2 heteroatoms. The molecular weight excluding hydrogens is 200 g/mol. The Morgan fingerprint density at radius 2 is 1.81 bits per heavy atom. The Balaban J connectivity index is 2.32. The lowest BCUT2D eigenvalue weighted by Gasteiger charge is -2.31. The van der Waals surface area contributed by atoms with Crippen LogP contribution in [0.25, 0.3) is 0 Å². The third-order valence-electron chi connectivity index (χ3n) is 4.40. The van der Waals surface area contributed by atoms with Crippen molar-refractivity contribution in [3.05, 3.63) is 0 Å². The summed E-state index contributed by atoms with van der Waals surface area (Å²) >= 11 is 0. The van der Waals surface area contributed by atoms with E-state index in [-0.39, 0.29) is 5.92 Å². The quantitative estimate of drug-likeness (QED) is 0.770. The van der Waals surface area contributed by atoms with E-state index in [4.69, 9.17) is 5.11 Å². The fraction of sp³-hybridized carbons (Fsp3) is 0.929. The maximum absolute atomic E-state index is 10.9. The molecule has 0 aromatic heterocycles. The van der Waals surface area contributed by atoms with E-state index < -0.39 is 5.97 Å². The number of carbonyl (C=O) groups is 1. The average Bonchev–Trinajstić information content (AvgIpc) is 2.28. The van der Waals surface area contributed by atoms with E-state index in [0.29, 0.717) is 0 Å². The number of hydrogen-bond donors (Lipinski definition) is 1. The van der Waals surface area contributed by atoms with E-state index in [1.165, 1.54) is 12.8 Å². The summed E-state index contributed by atoms with van der Waals surface area (Å²) in [6.45, 7) is 6.91. The molecule has 2 nitrogen and oxygen atoms in total. The molecular formula is C14H26O2. The highest BCUT2D eigenvalue weighted by Gasteiger charge is 2.28. The maximum atomic E-state index is 10.9. The minimum atomic E-state index is -0.590. The van der Waals surface area contributed by atoms with E-state index in [1.807, 2.05) is 0 Å². The minimum absolute atomic E-state index is 0.0629. The molecule has 1 N–H and O–H groups in total. The van der Waals surface area contributed by atoms with Crippen molar-refractivity contribution in [1.82, 2.24) is 0 Å². The van der Waals surface area contributed by atoms with Crippen LogP contribution >= 0.6 is 0 Å². The molecule has 0 radical (unpaired) electrons. The van der Waals surface area contributed by atoms with Crippen molar-refractivity contribution in [3.8, 4) is 0 Å². The third-order valence-corrected chi connectivity index (χ3v) is 4.40. The van der Waals surface area contributed by atoms with Crippen LogP contribution in [0.5, 0.6) is 0 Å². The molecule has 1 aliphatic rings. The van der Waals surface area contributed by atoms with Gasteiger partial charge in [0.25, 0.3) is 0 Å². The van der Waals surface area contributed by atoms with Crippen LogP contribution in [0.4, 0.5) is 0 Å². The first kappa shape index (κ1) is 13.5. The van der Waals surface area contributed by atoms with Gasteiger partial charge in [0.2, 0.25) is 0 Å². The van der Waals surface area contributed by atoms with Gasteiger partial charge in [-0.25, -0.2) is 0 Å². The van der Waals surface area contributed by atoms with Gasteiger partial charge in [-0.15, -0.1) is 0 Å². The molecule has 0 aromatic rings. The molecule has 0 heterocycles. The summed E-state index contributed by atoms with van der Waals surface area (Å²) in [6, 6.07) is 0. The standard InChI is InChI=1S/C14H26O2/c1-4-10(2)9-11(3)12-5-7-13(8-6-12)14(15)16/h10-13H,4-9H2,1-3H3,(H,15,16)/t10-,11?,12?,13?/m0/s1. The average molecular weight is 226 g/mol. The summed E-state index contributed by atoms with van der Waals surface area (Å²) in [5, 5.41) is 8.95. The first-order chi connectivity index (χ1) is 7.54. The normalized spacial score (nSPS) is 29.7. The maximum Gasteiger partial charge on any atom is 0.306 e. The number of carboxylic acids is 1. The summed E-state index contributed by atoms with van der Waals surface area (Å²) < 4.78 is 0. The van der Waals surface area contributed by atoms with Gasteiger partial charge in [-0.05, 0) is 49.9 Å². The van der Waals surface area contributed by atoms with Gasteiger partial charge in [0.05, 0.1) is 5.92 Å². The lowest BCUT2D eigenvalue weighted by atomic mass is 9.74. The van der Waals surface area contributed by atoms with E-state index in [9.17, 15) is 4.79 Å². The van der Waals surface area contributed by atoms with E-state index in [2.05, 4.69) is 20.8 Å². The second-order valence-electron chi connectivity index (χ2n) is 5.68. The van der Waals surface area contributed by atoms with Crippen LogP contribution in [0.3, 0.4) is 0 Å². The largest absolute Gasteiger partial charge is 0.481 e. The van der Waals surface area contributed by atoms with Crippen LogP contribution in [-0.4, -0.2) is 11.1 Å². The summed E-state index contributed by atoms with van der Waals surface area (Å²) in [7, 11) is 0. The molecule has 94 valence electrons. The van der Waals surface area contributed by atoms with Crippen molar-refractivity contribution in [3.63, 3.8) is 0 Å². The van der Waals surface area contributed by atoms with E-state index in [1.54, 1.807) is 0 Å². The summed E-state index contributed by atoms with van der Waals surface area (Å²) in [5.74, 6) is 1.70. The first-order valence-corrected chi connectivity index (χ1v) is 6.77. The van der Waals surface area contributed by atoms with Crippen LogP contribution in [0.2, 0.25) is 0 Å². The van der Waals surface area contributed by atoms with Gasteiger partial charge >= 0.3 is 5.97 Å². The van der Waals surface area contributed by atoms with Gasteiger partial charge in [0, 0.05) is 0 Å². The molecule has 0 aromatic carbocycles. The Morgan fingerprint density at radius 3 is 2.25 bits per heavy atom. The lowest BCUT2D eigenvalue weighted by molar-refractivity contribution is -0.143. The van der Waals surface area contributed by atoms with Crippen molar-refractivity contribution in [1.29, 1.82) is 0 Å². The Bertz CT molecular complexity index is 217. The zero-order chi connectivity index (χ0) is 12.1. The molecule has 0 amide bonds. The Hall–Kier alpha value is -0.530. The van der Waals surface area contributed by atoms with Crippen LogP contribution in [-0.2, 0) is 4.79 Å². The van der Waals surface area contributed by atoms with Crippen LogP contribution < -0.4 is 0 Å². The second-order valence-corrected chi connectivity index (χ2v) is 5.68. The Kier molecular flexibility index (Phi) is 5.30. The van der Waals surface area contributed by atoms with Crippen LogP contribution in [0.15, 0.2) is 0 Å². The molecule has 0 aliphatic heterocycles. The van der Waals surface area contributed by atoms with Gasteiger partial charge in [-0.2, -0.15) is 0 Å². The fourth-order valence-corrected chi connectivity index (χ4v) is 2.93. The number of aliphatic carboxylic acids is 1. The topological polar surface area (TPSA) is 37.3 Å². The van der Waals surface area contributed by atoms with Gasteiger partial charge in [-0.1, -0.05) is 27.2 Å². The van der Waals surface area contributed by atoms with Gasteiger partial charge in [0.15, 0.2) is 0 Å². The Morgan fingerprint density at radius 1 is 1.25 bits per heavy atom. The minimum Gasteiger partial charge on any atom is -0.481 e. The predicted molar refractivity (Wildman–Crippen MR) is 66.3 cm³/mol. The van der Waals surface area contributed by atoms with Crippen molar-refractivity contribution in [2.75, 3.05) is 0 Å². The molecule has 1 unspecified atom stereocenters. The molecule has 1 fully saturated rings. The number of carboxylic acid groups (broad SMARTS) is 1. The molecule has 1 rings (SSSR count). The van der Waals surface area contributed by atoms with Crippen molar-refractivity contribution in [2.45, 2.75) is 59.3 Å². The van der Waals surface area contributed by atoms with Gasteiger partial charge in [0.1, 0.15) is 0 Å². The molecule has 16 heavy (non-hydrogen) atoms. The highest BCUT2D eigenvalue weighted by atomic mass is 16.4. The van der Waals surface area contributed by atoms with E-state index in [0.717, 1.165) is 43.4 Å². The predicted octanol–water partition coefficient (Wildman–Crippen LogP) is 3.95. The lowest BCUT2D eigenvalue weighted by Crippen LogP contribution is -2.25. The zero-order valence-electron chi connectivity index (χ0n) is 10.9. The first-order valence-electron chi connectivity index (χ1n) is 6.77. The molecule has 1 saturated carbocycles. The smallest absolute Gasteiger partial charge is 0.306 e. The summed E-state index contributed by atoms with van der Waals surface area (Å²) in [5.41, 5.74) is 0. The zero-order valence-corrected chi connectivity index (χ0v) is 10.9. The number of hydrogen-bond acceptors (Lipinski definition) is 1. The molecule has 2 atom stereocenters. The number of rotatable bonds is 5. The molecule has 1 aliphatic carbocycles. The second kappa shape index (κ2) is 6.27. The monoisotopic (exact) mass is 226 g/mol. The highest BCUT2D eigenvalue weighted by molar-refractivity contribution is 5.69. The van der Waals surface area contributed by atoms with Gasteiger partial charge < -0.3 is 5.11 Å². The van der Waals surface area contributed by atoms with E-state index >= 15 is 0 Å². The molecule has 0 bridgehead atoms. The molecule has 0 spiro atoms. The molecule has 0 saturated heterocycles.